The Bertz CT molecular complexity index is 723. The Kier molecular flexibility index (Phi) is 7.14. The van der Waals surface area contributed by atoms with E-state index < -0.39 is 5.60 Å². The van der Waals surface area contributed by atoms with E-state index in [0.29, 0.717) is 24.2 Å². The van der Waals surface area contributed by atoms with Gasteiger partial charge in [-0.15, -0.1) is 0 Å². The molecule has 3 aliphatic rings. The number of allylic oxidation sites excluding steroid dienone is 4. The van der Waals surface area contributed by atoms with E-state index in [1.54, 1.807) is 19.4 Å². The molecule has 0 bridgehead atoms. The van der Waals surface area contributed by atoms with Gasteiger partial charge in [0.1, 0.15) is 5.78 Å². The second-order valence-electron chi connectivity index (χ2n) is 11.2. The topological polar surface area (TPSA) is 57.5 Å². The number of carbonyl (C=O) groups is 1. The fourth-order valence-corrected chi connectivity index (χ4v) is 6.67. The van der Waals surface area contributed by atoms with E-state index in [2.05, 4.69) is 32.6 Å². The molecule has 168 valence electrons. The zero-order chi connectivity index (χ0) is 22.1. The van der Waals surface area contributed by atoms with Gasteiger partial charge in [0.2, 0.25) is 0 Å². The van der Waals surface area contributed by atoms with E-state index in [9.17, 15) is 15.0 Å². The maximum Gasteiger partial charge on any atom is 0.136 e. The maximum atomic E-state index is 12.5. The number of hydrogen-bond donors (Lipinski definition) is 2. The number of fused-ring (bicyclic) bond motifs is 1. The van der Waals surface area contributed by atoms with E-state index in [-0.39, 0.29) is 23.7 Å². The van der Waals surface area contributed by atoms with Crippen molar-refractivity contribution < 1.29 is 15.0 Å². The minimum atomic E-state index is -0.913. The molecule has 0 aromatic rings. The molecule has 0 aliphatic heterocycles. The number of rotatable bonds is 6. The van der Waals surface area contributed by atoms with Crippen LogP contribution in [0.2, 0.25) is 0 Å². The molecule has 5 atom stereocenters. The Hall–Kier alpha value is -1.19. The fraction of sp³-hybridized carbons (Fsp3) is 0.741. The first-order chi connectivity index (χ1) is 14.0. The van der Waals surface area contributed by atoms with Gasteiger partial charge >= 0.3 is 0 Å². The summed E-state index contributed by atoms with van der Waals surface area (Å²) in [4.78, 5) is 12.5. The van der Waals surface area contributed by atoms with Gasteiger partial charge in [-0.1, -0.05) is 43.7 Å². The highest BCUT2D eigenvalue weighted by molar-refractivity contribution is 5.79. The predicted octanol–water partition coefficient (Wildman–Crippen LogP) is 5.91. The Morgan fingerprint density at radius 1 is 1.27 bits per heavy atom. The molecule has 30 heavy (non-hydrogen) atoms. The highest BCUT2D eigenvalue weighted by Crippen LogP contribution is 2.59. The summed E-state index contributed by atoms with van der Waals surface area (Å²) in [7, 11) is 0. The van der Waals surface area contributed by atoms with Gasteiger partial charge in [-0.2, -0.15) is 0 Å². The van der Waals surface area contributed by atoms with Crippen LogP contribution in [0.25, 0.3) is 0 Å². The lowest BCUT2D eigenvalue weighted by molar-refractivity contribution is -0.124. The van der Waals surface area contributed by atoms with Gasteiger partial charge in [-0.05, 0) is 94.0 Å². The monoisotopic (exact) mass is 414 g/mol. The van der Waals surface area contributed by atoms with Crippen LogP contribution in [0, 0.1) is 23.2 Å². The predicted molar refractivity (Wildman–Crippen MR) is 123 cm³/mol. The summed E-state index contributed by atoms with van der Waals surface area (Å²) >= 11 is 0. The van der Waals surface area contributed by atoms with Gasteiger partial charge in [-0.3, -0.25) is 4.79 Å². The zero-order valence-electron chi connectivity index (χ0n) is 19.5. The molecule has 0 spiro atoms. The molecule has 0 aromatic heterocycles. The fourth-order valence-electron chi connectivity index (χ4n) is 6.67. The molecule has 3 rings (SSSR count). The zero-order valence-corrected chi connectivity index (χ0v) is 19.5. The van der Waals surface area contributed by atoms with Crippen LogP contribution >= 0.6 is 0 Å². The standard InChI is InChI=1S/C27H42O3/c1-18-8-11-22(28)16-21(18)10-9-20-7-6-14-27(5)24(12-13-25(20)27)19(2)15-23(29)17-26(3,4)30/h9-10,19,22,24-25,28,30H,1,6-8,11-17H2,2-5H3/b20-9+,21-10?/t19-,22+,24-,25-,27-/m1/s1. The van der Waals surface area contributed by atoms with Crippen LogP contribution in [0.1, 0.15) is 91.9 Å². The molecule has 2 N–H and O–H groups in total. The van der Waals surface area contributed by atoms with E-state index in [1.807, 2.05) is 0 Å². The van der Waals surface area contributed by atoms with Crippen LogP contribution in [-0.2, 0) is 4.79 Å². The first-order valence-electron chi connectivity index (χ1n) is 12.0. The van der Waals surface area contributed by atoms with Gasteiger partial charge in [0.15, 0.2) is 0 Å². The largest absolute Gasteiger partial charge is 0.393 e. The highest BCUT2D eigenvalue weighted by atomic mass is 16.3. The molecule has 3 saturated carbocycles. The lowest BCUT2D eigenvalue weighted by Crippen LogP contribution is -2.36. The quantitative estimate of drug-likeness (QED) is 0.568. The van der Waals surface area contributed by atoms with Crippen molar-refractivity contribution in [2.45, 2.75) is 104 Å². The van der Waals surface area contributed by atoms with Crippen molar-refractivity contribution in [2.75, 3.05) is 0 Å². The van der Waals surface area contributed by atoms with E-state index in [0.717, 1.165) is 25.7 Å². The van der Waals surface area contributed by atoms with Gasteiger partial charge < -0.3 is 10.2 Å². The minimum Gasteiger partial charge on any atom is -0.393 e. The lowest BCUT2D eigenvalue weighted by atomic mass is 9.60. The lowest BCUT2D eigenvalue weighted by Gasteiger charge is -2.44. The van der Waals surface area contributed by atoms with Crippen LogP contribution in [0.15, 0.2) is 35.5 Å². The van der Waals surface area contributed by atoms with Crippen molar-refractivity contribution in [3.05, 3.63) is 35.5 Å². The number of aliphatic hydroxyl groups excluding tert-OH is 1. The summed E-state index contributed by atoms with van der Waals surface area (Å²) in [6, 6.07) is 0. The van der Waals surface area contributed by atoms with Crippen molar-refractivity contribution in [2.24, 2.45) is 23.2 Å². The number of aliphatic hydroxyl groups is 2. The van der Waals surface area contributed by atoms with Crippen molar-refractivity contribution in [3.63, 3.8) is 0 Å². The van der Waals surface area contributed by atoms with Crippen LogP contribution in [0.4, 0.5) is 0 Å². The smallest absolute Gasteiger partial charge is 0.136 e. The Labute approximate surface area is 183 Å². The Morgan fingerprint density at radius 3 is 2.70 bits per heavy atom. The second kappa shape index (κ2) is 9.12. The average Bonchev–Trinajstić information content (AvgIpc) is 2.98. The summed E-state index contributed by atoms with van der Waals surface area (Å²) < 4.78 is 0. The van der Waals surface area contributed by atoms with E-state index >= 15 is 0 Å². The van der Waals surface area contributed by atoms with Crippen molar-refractivity contribution >= 4 is 5.78 Å². The van der Waals surface area contributed by atoms with Gasteiger partial charge in [0, 0.05) is 12.8 Å². The van der Waals surface area contributed by atoms with Crippen LogP contribution in [-0.4, -0.2) is 27.7 Å². The van der Waals surface area contributed by atoms with E-state index in [4.69, 9.17) is 0 Å². The van der Waals surface area contributed by atoms with Gasteiger partial charge in [0.25, 0.3) is 0 Å². The molecule has 0 radical (unpaired) electrons. The van der Waals surface area contributed by atoms with Crippen molar-refractivity contribution in [1.82, 2.24) is 0 Å². The van der Waals surface area contributed by atoms with Crippen LogP contribution in [0.3, 0.4) is 0 Å². The third-order valence-corrected chi connectivity index (χ3v) is 8.09. The Balaban J connectivity index is 1.72. The van der Waals surface area contributed by atoms with Crippen LogP contribution < -0.4 is 0 Å². The molecule has 3 heteroatoms. The van der Waals surface area contributed by atoms with Crippen molar-refractivity contribution in [3.8, 4) is 0 Å². The number of Topliss-reactive ketones (excluding diaryl/α,β-unsaturated/α-hetero) is 1. The van der Waals surface area contributed by atoms with Gasteiger partial charge in [0.05, 0.1) is 11.7 Å². The third-order valence-electron chi connectivity index (χ3n) is 8.09. The summed E-state index contributed by atoms with van der Waals surface area (Å²) in [5, 5.41) is 20.0. The number of carbonyl (C=O) groups excluding carboxylic acids is 1. The molecule has 0 saturated heterocycles. The van der Waals surface area contributed by atoms with Gasteiger partial charge in [-0.25, -0.2) is 0 Å². The summed E-state index contributed by atoms with van der Waals surface area (Å²) in [5.41, 5.74) is 3.30. The van der Waals surface area contributed by atoms with Crippen LogP contribution in [0.5, 0.6) is 0 Å². The summed E-state index contributed by atoms with van der Waals surface area (Å²) in [5.74, 6) is 1.71. The summed E-state index contributed by atoms with van der Waals surface area (Å²) in [6.45, 7) is 12.3. The molecule has 0 aromatic carbocycles. The number of ketones is 1. The third kappa shape index (κ3) is 5.34. The number of hydrogen-bond acceptors (Lipinski definition) is 3. The second-order valence-corrected chi connectivity index (χ2v) is 11.2. The van der Waals surface area contributed by atoms with E-state index in [1.165, 1.54) is 36.8 Å². The average molecular weight is 415 g/mol. The van der Waals surface area contributed by atoms with Crippen molar-refractivity contribution in [1.29, 1.82) is 0 Å². The molecule has 0 amide bonds. The first kappa shape index (κ1) is 23.5. The molecule has 3 aliphatic carbocycles. The highest BCUT2D eigenvalue weighted by Gasteiger charge is 2.50. The maximum absolute atomic E-state index is 12.5. The minimum absolute atomic E-state index is 0.188. The molecular weight excluding hydrogens is 372 g/mol. The molecular formula is C27H42O3. The summed E-state index contributed by atoms with van der Waals surface area (Å²) in [6.07, 6.45) is 13.7. The Morgan fingerprint density at radius 2 is 2.00 bits per heavy atom. The molecule has 3 fully saturated rings. The normalized spacial score (nSPS) is 36.2. The molecule has 3 nitrogen and oxygen atoms in total. The molecule has 0 heterocycles. The molecule has 0 unspecified atom stereocenters. The SMILES string of the molecule is C=C1CC[C@H](O)CC1=C/C=C1\CCC[C@@]2(C)[C@@H]1CC[C@@H]2[C@H](C)CC(=O)CC(C)(C)O. The first-order valence-corrected chi connectivity index (χ1v) is 12.0.